The van der Waals surface area contributed by atoms with Gasteiger partial charge in [-0.15, -0.1) is 0 Å². The maximum Gasteiger partial charge on any atom is 0.342 e. The van der Waals surface area contributed by atoms with Crippen molar-refractivity contribution in [3.8, 4) is 0 Å². The predicted molar refractivity (Wildman–Crippen MR) is 56.5 cm³/mol. The van der Waals surface area contributed by atoms with Gasteiger partial charge in [-0.05, 0) is 12.1 Å². The monoisotopic (exact) mass is 235 g/mol. The summed E-state index contributed by atoms with van der Waals surface area (Å²) in [6, 6.07) is 7.90. The molecule has 0 aromatic heterocycles. The van der Waals surface area contributed by atoms with Gasteiger partial charge in [-0.1, -0.05) is 18.2 Å². The Kier molecular flexibility index (Phi) is 2.35. The van der Waals surface area contributed by atoms with Crippen LogP contribution >= 0.6 is 0 Å². The van der Waals surface area contributed by atoms with E-state index in [0.29, 0.717) is 0 Å². The van der Waals surface area contributed by atoms with Crippen molar-refractivity contribution in [3.05, 3.63) is 30.3 Å². The lowest BCUT2D eigenvalue weighted by Crippen LogP contribution is -2.72. The third kappa shape index (κ3) is 1.37. The first kappa shape index (κ1) is 11.1. The van der Waals surface area contributed by atoms with E-state index in [-0.39, 0.29) is 5.69 Å². The lowest BCUT2D eigenvalue weighted by atomic mass is 9.83. The van der Waals surface area contributed by atoms with E-state index < -0.39 is 29.8 Å². The number of carbonyl (C=O) groups excluding carboxylic acids is 1. The summed E-state index contributed by atoms with van der Waals surface area (Å²) in [7, 11) is 0. The fourth-order valence-corrected chi connectivity index (χ4v) is 1.87. The highest BCUT2D eigenvalue weighted by atomic mass is 16.4. The lowest BCUT2D eigenvalue weighted by Gasteiger charge is -2.45. The molecule has 1 amide bonds. The molecule has 88 valence electrons. The number of benzene rings is 1. The van der Waals surface area contributed by atoms with Gasteiger partial charge in [-0.3, -0.25) is 9.69 Å². The summed E-state index contributed by atoms with van der Waals surface area (Å²) in [5.74, 6) is -3.58. The van der Waals surface area contributed by atoms with Gasteiger partial charge in [0.15, 0.2) is 0 Å². The number of β-lactam (4-membered cyclic amide) rings is 1. The minimum absolute atomic E-state index is 0.272. The number of nitrogens with zero attached hydrogens (tertiary/aromatic N) is 1. The summed E-state index contributed by atoms with van der Waals surface area (Å²) in [4.78, 5) is 34.5. The second-order valence-corrected chi connectivity index (χ2v) is 3.71. The van der Waals surface area contributed by atoms with Gasteiger partial charge in [-0.25, -0.2) is 9.59 Å². The third-order valence-electron chi connectivity index (χ3n) is 2.76. The Hall–Kier alpha value is -2.37. The molecule has 1 heterocycles. The molecular formula is C11H9NO5. The summed E-state index contributed by atoms with van der Waals surface area (Å²) in [6.45, 7) is 0. The van der Waals surface area contributed by atoms with Crippen LogP contribution in [0.4, 0.5) is 5.69 Å². The Morgan fingerprint density at radius 3 is 2.06 bits per heavy atom. The molecule has 0 spiro atoms. The van der Waals surface area contributed by atoms with Crippen molar-refractivity contribution < 1.29 is 24.6 Å². The number of hydrogen-bond acceptors (Lipinski definition) is 3. The van der Waals surface area contributed by atoms with E-state index in [1.165, 1.54) is 12.1 Å². The normalized spacial score (nSPS) is 17.4. The summed E-state index contributed by atoms with van der Waals surface area (Å²) < 4.78 is 0. The van der Waals surface area contributed by atoms with Gasteiger partial charge in [0.25, 0.3) is 5.54 Å². The van der Waals surface area contributed by atoms with Gasteiger partial charge in [-0.2, -0.15) is 0 Å². The molecule has 2 N–H and O–H groups in total. The number of carboxylic acids is 2. The fourth-order valence-electron chi connectivity index (χ4n) is 1.87. The summed E-state index contributed by atoms with van der Waals surface area (Å²) in [6.07, 6.45) is -0.521. The Morgan fingerprint density at radius 2 is 1.65 bits per heavy atom. The van der Waals surface area contributed by atoms with Crippen LogP contribution in [0.15, 0.2) is 30.3 Å². The van der Waals surface area contributed by atoms with Crippen LogP contribution in [0, 0.1) is 0 Å². The van der Waals surface area contributed by atoms with Crippen LogP contribution in [0.25, 0.3) is 0 Å². The number of rotatable bonds is 3. The van der Waals surface area contributed by atoms with Crippen LogP contribution in [-0.2, 0) is 14.4 Å². The molecule has 6 heteroatoms. The minimum Gasteiger partial charge on any atom is -0.479 e. The molecule has 1 aliphatic heterocycles. The second-order valence-electron chi connectivity index (χ2n) is 3.71. The quantitative estimate of drug-likeness (QED) is 0.581. The van der Waals surface area contributed by atoms with Crippen molar-refractivity contribution in [1.29, 1.82) is 0 Å². The number of hydrogen-bond donors (Lipinski definition) is 2. The zero-order valence-corrected chi connectivity index (χ0v) is 8.66. The highest BCUT2D eigenvalue weighted by molar-refractivity contribution is 6.23. The summed E-state index contributed by atoms with van der Waals surface area (Å²) in [5.41, 5.74) is -1.90. The van der Waals surface area contributed by atoms with E-state index in [9.17, 15) is 14.4 Å². The van der Waals surface area contributed by atoms with E-state index in [1.54, 1.807) is 18.2 Å². The molecule has 0 bridgehead atoms. The van der Waals surface area contributed by atoms with Crippen LogP contribution in [0.1, 0.15) is 6.42 Å². The first-order chi connectivity index (χ1) is 8.00. The molecule has 1 fully saturated rings. The standard InChI is InChI=1S/C11H9NO5/c13-8-6-11(9(14)15,10(16)17)12(8)7-4-2-1-3-5-7/h1-5H,6H2,(H,14,15)(H,16,17). The van der Waals surface area contributed by atoms with Crippen molar-refractivity contribution in [3.63, 3.8) is 0 Å². The molecular weight excluding hydrogens is 226 g/mol. The summed E-state index contributed by atoms with van der Waals surface area (Å²) >= 11 is 0. The van der Waals surface area contributed by atoms with Crippen LogP contribution in [-0.4, -0.2) is 33.6 Å². The van der Waals surface area contributed by atoms with Gasteiger partial charge < -0.3 is 10.2 Å². The van der Waals surface area contributed by atoms with Gasteiger partial charge in [0.2, 0.25) is 5.91 Å². The minimum atomic E-state index is -2.17. The lowest BCUT2D eigenvalue weighted by molar-refractivity contribution is -0.165. The molecule has 2 rings (SSSR count). The maximum absolute atomic E-state index is 11.5. The van der Waals surface area contributed by atoms with E-state index >= 15 is 0 Å². The molecule has 1 aliphatic rings. The van der Waals surface area contributed by atoms with Crippen LogP contribution in [0.3, 0.4) is 0 Å². The molecule has 17 heavy (non-hydrogen) atoms. The molecule has 1 saturated heterocycles. The number of para-hydroxylation sites is 1. The maximum atomic E-state index is 11.5. The molecule has 6 nitrogen and oxygen atoms in total. The van der Waals surface area contributed by atoms with E-state index in [2.05, 4.69) is 0 Å². The van der Waals surface area contributed by atoms with Crippen LogP contribution < -0.4 is 4.90 Å². The second kappa shape index (κ2) is 3.58. The van der Waals surface area contributed by atoms with Crippen molar-refractivity contribution in [2.45, 2.75) is 12.0 Å². The topological polar surface area (TPSA) is 94.9 Å². The Bertz CT molecular complexity index is 482. The molecule has 0 radical (unpaired) electrons. The summed E-state index contributed by atoms with van der Waals surface area (Å²) in [5, 5.41) is 18.1. The molecule has 0 aliphatic carbocycles. The smallest absolute Gasteiger partial charge is 0.342 e. The molecule has 1 aromatic carbocycles. The van der Waals surface area contributed by atoms with E-state index in [0.717, 1.165) is 4.90 Å². The SMILES string of the molecule is O=C1CC(C(=O)O)(C(=O)O)N1c1ccccc1. The van der Waals surface area contributed by atoms with Gasteiger partial charge in [0.05, 0.1) is 6.42 Å². The van der Waals surface area contributed by atoms with Gasteiger partial charge >= 0.3 is 11.9 Å². The van der Waals surface area contributed by atoms with Crippen LogP contribution in [0.2, 0.25) is 0 Å². The first-order valence-corrected chi connectivity index (χ1v) is 4.85. The molecule has 0 saturated carbocycles. The molecule has 0 atom stereocenters. The zero-order valence-electron chi connectivity index (χ0n) is 8.66. The highest BCUT2D eigenvalue weighted by Crippen LogP contribution is 2.37. The van der Waals surface area contributed by atoms with E-state index in [1.807, 2.05) is 0 Å². The van der Waals surface area contributed by atoms with Crippen molar-refractivity contribution in [2.24, 2.45) is 0 Å². The Labute approximate surface area is 96.1 Å². The van der Waals surface area contributed by atoms with Crippen molar-refractivity contribution in [2.75, 3.05) is 4.90 Å². The number of aliphatic carboxylic acids is 2. The largest absolute Gasteiger partial charge is 0.479 e. The van der Waals surface area contributed by atoms with E-state index in [4.69, 9.17) is 10.2 Å². The zero-order chi connectivity index (χ0) is 12.6. The average molecular weight is 235 g/mol. The van der Waals surface area contributed by atoms with Crippen molar-refractivity contribution in [1.82, 2.24) is 0 Å². The predicted octanol–water partition coefficient (Wildman–Crippen LogP) is 0.331. The number of amides is 1. The fraction of sp³-hybridized carbons (Fsp3) is 0.182. The van der Waals surface area contributed by atoms with Crippen LogP contribution in [0.5, 0.6) is 0 Å². The number of anilines is 1. The molecule has 1 aromatic rings. The van der Waals surface area contributed by atoms with Crippen molar-refractivity contribution >= 4 is 23.5 Å². The Balaban J connectivity index is 2.48. The van der Waals surface area contributed by atoms with Gasteiger partial charge in [0, 0.05) is 5.69 Å². The highest BCUT2D eigenvalue weighted by Gasteiger charge is 2.63. The van der Waals surface area contributed by atoms with Gasteiger partial charge in [0.1, 0.15) is 0 Å². The average Bonchev–Trinajstić information content (AvgIpc) is 2.25. The first-order valence-electron chi connectivity index (χ1n) is 4.85. The Morgan fingerprint density at radius 1 is 1.12 bits per heavy atom. The molecule has 0 unspecified atom stereocenters. The number of carbonyl (C=O) groups is 3. The number of carboxylic acid groups (broad SMARTS) is 2. The third-order valence-corrected chi connectivity index (χ3v) is 2.76.